The summed E-state index contributed by atoms with van der Waals surface area (Å²) in [5, 5.41) is 0.500. The van der Waals surface area contributed by atoms with Crippen molar-refractivity contribution in [2.45, 2.75) is 64.8 Å². The Morgan fingerprint density at radius 3 is 2.63 bits per heavy atom. The second-order valence-corrected chi connectivity index (χ2v) is 5.52. The Balaban J connectivity index is 2.12. The molecule has 0 aliphatic carbocycles. The van der Waals surface area contributed by atoms with E-state index in [1.54, 1.807) is 0 Å². The van der Waals surface area contributed by atoms with Crippen molar-refractivity contribution in [3.8, 4) is 5.88 Å². The minimum atomic E-state index is 0.139. The van der Waals surface area contributed by atoms with Crippen molar-refractivity contribution in [2.75, 3.05) is 0 Å². The minimum Gasteiger partial charge on any atom is -0.474 e. The van der Waals surface area contributed by atoms with E-state index in [9.17, 15) is 0 Å². The summed E-state index contributed by atoms with van der Waals surface area (Å²) in [6.45, 7) is 6.25. The van der Waals surface area contributed by atoms with Crippen molar-refractivity contribution < 1.29 is 9.47 Å². The van der Waals surface area contributed by atoms with Gasteiger partial charge in [0.15, 0.2) is 0 Å². The van der Waals surface area contributed by atoms with E-state index in [0.717, 1.165) is 31.2 Å². The lowest BCUT2D eigenvalue weighted by molar-refractivity contribution is -0.0731. The van der Waals surface area contributed by atoms with E-state index in [-0.39, 0.29) is 18.3 Å². The van der Waals surface area contributed by atoms with Crippen molar-refractivity contribution in [1.82, 2.24) is 9.97 Å². The first kappa shape index (κ1) is 14.5. The maximum atomic E-state index is 6.13. The van der Waals surface area contributed by atoms with E-state index in [4.69, 9.17) is 21.1 Å². The van der Waals surface area contributed by atoms with Gasteiger partial charge in [-0.2, -0.15) is 0 Å². The SMILES string of the molecule is CCCc1c(Cl)ncnc1OC1CC(C)OC(C)C1. The lowest BCUT2D eigenvalue weighted by Crippen LogP contribution is -2.36. The van der Waals surface area contributed by atoms with Crippen LogP contribution in [0.4, 0.5) is 0 Å². The molecule has 1 aliphatic rings. The van der Waals surface area contributed by atoms with Crippen molar-refractivity contribution in [2.24, 2.45) is 0 Å². The molecular formula is C14H21ClN2O2. The van der Waals surface area contributed by atoms with Crippen LogP contribution in [0.15, 0.2) is 6.33 Å². The van der Waals surface area contributed by atoms with Crippen molar-refractivity contribution >= 4 is 11.6 Å². The molecule has 4 nitrogen and oxygen atoms in total. The van der Waals surface area contributed by atoms with E-state index < -0.39 is 0 Å². The van der Waals surface area contributed by atoms with Gasteiger partial charge < -0.3 is 9.47 Å². The molecule has 2 heterocycles. The summed E-state index contributed by atoms with van der Waals surface area (Å²) in [7, 11) is 0. The molecule has 1 fully saturated rings. The van der Waals surface area contributed by atoms with Crippen LogP contribution in [-0.2, 0) is 11.2 Å². The van der Waals surface area contributed by atoms with Gasteiger partial charge in [-0.1, -0.05) is 24.9 Å². The molecule has 5 heteroatoms. The first-order chi connectivity index (χ1) is 9.10. The summed E-state index contributed by atoms with van der Waals surface area (Å²) in [6.07, 6.45) is 5.65. The summed E-state index contributed by atoms with van der Waals surface area (Å²) in [4.78, 5) is 8.27. The molecule has 106 valence electrons. The Hall–Kier alpha value is -0.870. The molecule has 0 aromatic carbocycles. The van der Waals surface area contributed by atoms with E-state index in [1.807, 2.05) is 0 Å². The third-order valence-corrected chi connectivity index (χ3v) is 3.61. The number of rotatable bonds is 4. The van der Waals surface area contributed by atoms with Crippen LogP contribution in [0.2, 0.25) is 5.15 Å². The molecule has 0 saturated carbocycles. The average molecular weight is 285 g/mol. The van der Waals surface area contributed by atoms with Gasteiger partial charge in [-0.15, -0.1) is 0 Å². The van der Waals surface area contributed by atoms with Gasteiger partial charge in [0.25, 0.3) is 0 Å². The molecule has 0 N–H and O–H groups in total. The van der Waals surface area contributed by atoms with Gasteiger partial charge in [-0.25, -0.2) is 9.97 Å². The lowest BCUT2D eigenvalue weighted by atomic mass is 10.0. The monoisotopic (exact) mass is 284 g/mol. The number of aromatic nitrogens is 2. The standard InChI is InChI=1S/C14H21ClN2O2/c1-4-5-12-13(15)16-8-17-14(12)19-11-6-9(2)18-10(3)7-11/h8-11H,4-7H2,1-3H3. The summed E-state index contributed by atoms with van der Waals surface area (Å²) < 4.78 is 11.8. The topological polar surface area (TPSA) is 44.2 Å². The van der Waals surface area contributed by atoms with Gasteiger partial charge in [0.05, 0.1) is 17.8 Å². The normalized spacial score (nSPS) is 27.3. The van der Waals surface area contributed by atoms with E-state index in [1.165, 1.54) is 6.33 Å². The maximum Gasteiger partial charge on any atom is 0.221 e. The van der Waals surface area contributed by atoms with Crippen LogP contribution in [0.3, 0.4) is 0 Å². The summed E-state index contributed by atoms with van der Waals surface area (Å²) in [6, 6.07) is 0. The Bertz CT molecular complexity index is 418. The highest BCUT2D eigenvalue weighted by atomic mass is 35.5. The third kappa shape index (κ3) is 3.80. The summed E-state index contributed by atoms with van der Waals surface area (Å²) in [5.74, 6) is 0.633. The fourth-order valence-electron chi connectivity index (χ4n) is 2.54. The van der Waals surface area contributed by atoms with E-state index in [2.05, 4.69) is 30.7 Å². The molecule has 0 spiro atoms. The third-order valence-electron chi connectivity index (χ3n) is 3.29. The van der Waals surface area contributed by atoms with Crippen LogP contribution in [0, 0.1) is 0 Å². The van der Waals surface area contributed by atoms with Crippen LogP contribution in [0.1, 0.15) is 45.6 Å². The smallest absolute Gasteiger partial charge is 0.221 e. The van der Waals surface area contributed by atoms with Gasteiger partial charge in [0.1, 0.15) is 17.6 Å². The van der Waals surface area contributed by atoms with Gasteiger partial charge in [-0.3, -0.25) is 0 Å². The van der Waals surface area contributed by atoms with Crippen LogP contribution in [0.5, 0.6) is 5.88 Å². The number of hydrogen-bond donors (Lipinski definition) is 0. The summed E-state index contributed by atoms with van der Waals surface area (Å²) in [5.41, 5.74) is 0.915. The van der Waals surface area contributed by atoms with Crippen LogP contribution in [-0.4, -0.2) is 28.3 Å². The molecule has 2 unspecified atom stereocenters. The quantitative estimate of drug-likeness (QED) is 0.795. The van der Waals surface area contributed by atoms with Crippen LogP contribution >= 0.6 is 11.6 Å². The molecule has 1 saturated heterocycles. The Morgan fingerprint density at radius 1 is 1.32 bits per heavy atom. The zero-order valence-corrected chi connectivity index (χ0v) is 12.5. The predicted molar refractivity (Wildman–Crippen MR) is 74.7 cm³/mol. The molecule has 2 atom stereocenters. The molecule has 19 heavy (non-hydrogen) atoms. The second-order valence-electron chi connectivity index (χ2n) is 5.17. The number of nitrogens with zero attached hydrogens (tertiary/aromatic N) is 2. The first-order valence-electron chi connectivity index (χ1n) is 6.91. The summed E-state index contributed by atoms with van der Waals surface area (Å²) >= 11 is 6.13. The molecule has 0 amide bonds. The van der Waals surface area contributed by atoms with Crippen LogP contribution < -0.4 is 4.74 Å². The fraction of sp³-hybridized carbons (Fsp3) is 0.714. The molecule has 1 aromatic heterocycles. The molecule has 1 aliphatic heterocycles. The van der Waals surface area contributed by atoms with Crippen molar-refractivity contribution in [1.29, 1.82) is 0 Å². The largest absolute Gasteiger partial charge is 0.474 e. The highest BCUT2D eigenvalue weighted by Crippen LogP contribution is 2.28. The number of ether oxygens (including phenoxy) is 2. The zero-order chi connectivity index (χ0) is 13.8. The second kappa shape index (κ2) is 6.53. The van der Waals surface area contributed by atoms with Gasteiger partial charge in [0.2, 0.25) is 5.88 Å². The minimum absolute atomic E-state index is 0.139. The van der Waals surface area contributed by atoms with Crippen molar-refractivity contribution in [3.05, 3.63) is 17.0 Å². The predicted octanol–water partition coefficient (Wildman–Crippen LogP) is 3.42. The highest BCUT2D eigenvalue weighted by molar-refractivity contribution is 6.30. The van der Waals surface area contributed by atoms with Gasteiger partial charge >= 0.3 is 0 Å². The molecule has 0 bridgehead atoms. The number of halogens is 1. The van der Waals surface area contributed by atoms with Gasteiger partial charge in [0, 0.05) is 12.8 Å². The van der Waals surface area contributed by atoms with E-state index in [0.29, 0.717) is 11.0 Å². The zero-order valence-electron chi connectivity index (χ0n) is 11.7. The van der Waals surface area contributed by atoms with Crippen LogP contribution in [0.25, 0.3) is 0 Å². The van der Waals surface area contributed by atoms with E-state index >= 15 is 0 Å². The Morgan fingerprint density at radius 2 is 2.00 bits per heavy atom. The first-order valence-corrected chi connectivity index (χ1v) is 7.29. The van der Waals surface area contributed by atoms with Gasteiger partial charge in [-0.05, 0) is 20.3 Å². The number of hydrogen-bond acceptors (Lipinski definition) is 4. The molecule has 2 rings (SSSR count). The molecular weight excluding hydrogens is 264 g/mol. The maximum absolute atomic E-state index is 6.13. The average Bonchev–Trinajstić information content (AvgIpc) is 2.32. The molecule has 0 radical (unpaired) electrons. The Labute approximate surface area is 119 Å². The Kier molecular flexibility index (Phi) is 4.99. The fourth-order valence-corrected chi connectivity index (χ4v) is 2.76. The lowest BCUT2D eigenvalue weighted by Gasteiger charge is -2.32. The highest BCUT2D eigenvalue weighted by Gasteiger charge is 2.27. The van der Waals surface area contributed by atoms with Crippen molar-refractivity contribution in [3.63, 3.8) is 0 Å². The molecule has 1 aromatic rings.